The molecule has 2 aliphatic rings. The lowest BCUT2D eigenvalue weighted by Gasteiger charge is -2.29. The predicted octanol–water partition coefficient (Wildman–Crippen LogP) is 2.50. The van der Waals surface area contributed by atoms with Crippen LogP contribution in [0.4, 0.5) is 5.69 Å². The molecule has 38 heavy (non-hydrogen) atoms. The molecule has 8 nitrogen and oxygen atoms in total. The predicted molar refractivity (Wildman–Crippen MR) is 144 cm³/mol. The number of nitrogens with one attached hydrogen (secondary N) is 2. The zero-order valence-electron chi connectivity index (χ0n) is 21.3. The molecule has 0 unspecified atom stereocenters. The number of amides is 3. The lowest BCUT2D eigenvalue weighted by Crippen LogP contribution is -2.52. The molecule has 0 aliphatic carbocycles. The zero-order valence-corrected chi connectivity index (χ0v) is 21.3. The van der Waals surface area contributed by atoms with Gasteiger partial charge in [-0.05, 0) is 22.8 Å². The minimum absolute atomic E-state index is 0.0727. The van der Waals surface area contributed by atoms with Crippen LogP contribution in [0.1, 0.15) is 29.2 Å². The van der Waals surface area contributed by atoms with Gasteiger partial charge in [-0.15, -0.1) is 0 Å². The Labute approximate surface area is 222 Å². The van der Waals surface area contributed by atoms with Crippen LogP contribution in [-0.4, -0.2) is 64.4 Å². The van der Waals surface area contributed by atoms with Gasteiger partial charge >= 0.3 is 0 Å². The highest BCUT2D eigenvalue weighted by Gasteiger charge is 2.43. The summed E-state index contributed by atoms with van der Waals surface area (Å²) < 4.78 is 0. The molecule has 3 amide bonds. The number of aliphatic hydroxyl groups is 1. The molecule has 8 heteroatoms. The number of β-amino-alcohol motifs (C(OH)–C–C–N with tert-alkyl or cyclic N) is 1. The van der Waals surface area contributed by atoms with Crippen LogP contribution in [0.2, 0.25) is 0 Å². The fourth-order valence-electron chi connectivity index (χ4n) is 5.28. The van der Waals surface area contributed by atoms with Crippen LogP contribution in [0.15, 0.2) is 84.9 Å². The van der Waals surface area contributed by atoms with E-state index in [0.717, 1.165) is 16.8 Å². The average molecular weight is 513 g/mol. The highest BCUT2D eigenvalue weighted by atomic mass is 16.3. The average Bonchev–Trinajstić information content (AvgIpc) is 3.55. The highest BCUT2D eigenvalue weighted by molar-refractivity contribution is 5.95. The van der Waals surface area contributed by atoms with E-state index in [1.54, 1.807) is 24.1 Å². The van der Waals surface area contributed by atoms with Crippen molar-refractivity contribution in [2.45, 2.75) is 43.6 Å². The van der Waals surface area contributed by atoms with Crippen molar-refractivity contribution >= 4 is 23.4 Å². The van der Waals surface area contributed by atoms with Crippen molar-refractivity contribution in [1.82, 2.24) is 15.1 Å². The quantitative estimate of drug-likeness (QED) is 0.452. The number of hydrogen-bond acceptors (Lipinski definition) is 5. The summed E-state index contributed by atoms with van der Waals surface area (Å²) in [6, 6.07) is 24.1. The number of hydrogen-bond donors (Lipinski definition) is 3. The van der Waals surface area contributed by atoms with Gasteiger partial charge in [-0.3, -0.25) is 14.4 Å². The Bertz CT molecular complexity index is 1270. The molecule has 0 bridgehead atoms. The number of nitrogens with zero attached hydrogens (tertiary/aromatic N) is 2. The van der Waals surface area contributed by atoms with Crippen molar-refractivity contribution in [2.24, 2.45) is 0 Å². The largest absolute Gasteiger partial charge is 0.391 e. The number of aliphatic hydroxyl groups excluding tert-OH is 1. The molecule has 1 saturated heterocycles. The van der Waals surface area contributed by atoms with E-state index in [4.69, 9.17) is 0 Å². The Hall–Kier alpha value is -4.17. The summed E-state index contributed by atoms with van der Waals surface area (Å²) in [5, 5.41) is 16.6. The molecule has 0 aromatic heterocycles. The van der Waals surface area contributed by atoms with Crippen LogP contribution >= 0.6 is 0 Å². The SMILES string of the molecule is CN(Cc1ccccc1)C(=O)[C@@H](NC(=O)[C@@H]1C[C@@H](O)CN1C(=O)[C@@H]1Cc2ccccc2N1)c1ccccc1. The number of likely N-dealkylation sites (tertiary alicyclic amines) is 1. The summed E-state index contributed by atoms with van der Waals surface area (Å²) in [5.74, 6) is -0.958. The minimum atomic E-state index is -0.930. The van der Waals surface area contributed by atoms with E-state index < -0.39 is 30.1 Å². The highest BCUT2D eigenvalue weighted by Crippen LogP contribution is 2.29. The van der Waals surface area contributed by atoms with E-state index in [2.05, 4.69) is 10.6 Å². The molecule has 0 radical (unpaired) electrons. The van der Waals surface area contributed by atoms with Crippen molar-refractivity contribution in [3.8, 4) is 0 Å². The van der Waals surface area contributed by atoms with Gasteiger partial charge in [0.15, 0.2) is 0 Å². The summed E-state index contributed by atoms with van der Waals surface area (Å²) >= 11 is 0. The summed E-state index contributed by atoms with van der Waals surface area (Å²) in [6.07, 6.45) is -0.178. The molecular weight excluding hydrogens is 480 g/mol. The van der Waals surface area contributed by atoms with E-state index in [1.165, 1.54) is 4.90 Å². The van der Waals surface area contributed by atoms with Gasteiger partial charge in [-0.25, -0.2) is 0 Å². The molecule has 3 N–H and O–H groups in total. The first-order chi connectivity index (χ1) is 18.4. The van der Waals surface area contributed by atoms with Gasteiger partial charge in [0, 0.05) is 38.7 Å². The zero-order chi connectivity index (χ0) is 26.6. The van der Waals surface area contributed by atoms with E-state index in [1.807, 2.05) is 72.8 Å². The second-order valence-corrected chi connectivity index (χ2v) is 9.99. The van der Waals surface area contributed by atoms with E-state index in [0.29, 0.717) is 18.5 Å². The Morgan fingerprint density at radius 2 is 1.66 bits per heavy atom. The van der Waals surface area contributed by atoms with Gasteiger partial charge < -0.3 is 25.5 Å². The van der Waals surface area contributed by atoms with Crippen molar-refractivity contribution < 1.29 is 19.5 Å². The smallest absolute Gasteiger partial charge is 0.249 e. The molecule has 5 rings (SSSR count). The first-order valence-electron chi connectivity index (χ1n) is 12.9. The third kappa shape index (κ3) is 5.40. The molecule has 0 saturated carbocycles. The standard InChI is InChI=1S/C30H32N4O4/c1-33(18-20-10-4-2-5-11-20)30(38)27(21-12-6-3-7-13-21)32-28(36)26-17-23(35)19-34(26)29(37)25-16-22-14-8-9-15-24(22)31-25/h2-15,23,25-27,31,35H,16-19H2,1H3,(H,32,36)/t23-,25+,26+,27+/m1/s1. The lowest BCUT2D eigenvalue weighted by atomic mass is 10.0. The van der Waals surface area contributed by atoms with Gasteiger partial charge in [0.1, 0.15) is 18.1 Å². The molecule has 3 aromatic rings. The summed E-state index contributed by atoms with van der Waals surface area (Å²) in [7, 11) is 1.70. The molecule has 2 heterocycles. The van der Waals surface area contributed by atoms with Crippen molar-refractivity contribution in [1.29, 1.82) is 0 Å². The third-order valence-corrected chi connectivity index (χ3v) is 7.24. The molecular formula is C30H32N4O4. The first kappa shape index (κ1) is 25.5. The summed E-state index contributed by atoms with van der Waals surface area (Å²) in [4.78, 5) is 43.7. The maximum Gasteiger partial charge on any atom is 0.249 e. The van der Waals surface area contributed by atoms with E-state index in [9.17, 15) is 19.5 Å². The topological polar surface area (TPSA) is 102 Å². The molecule has 4 atom stereocenters. The number of rotatable bonds is 7. The number of para-hydroxylation sites is 1. The Kier molecular flexibility index (Phi) is 7.42. The number of anilines is 1. The van der Waals surface area contributed by atoms with Crippen LogP contribution in [0, 0.1) is 0 Å². The Morgan fingerprint density at radius 3 is 2.37 bits per heavy atom. The van der Waals surface area contributed by atoms with E-state index in [-0.39, 0.29) is 24.8 Å². The fraction of sp³-hybridized carbons (Fsp3) is 0.300. The fourth-order valence-corrected chi connectivity index (χ4v) is 5.28. The van der Waals surface area contributed by atoms with Crippen LogP contribution < -0.4 is 10.6 Å². The number of carbonyl (C=O) groups excluding carboxylic acids is 3. The van der Waals surface area contributed by atoms with Crippen LogP contribution in [0.25, 0.3) is 0 Å². The monoisotopic (exact) mass is 512 g/mol. The first-order valence-corrected chi connectivity index (χ1v) is 12.9. The summed E-state index contributed by atoms with van der Waals surface area (Å²) in [5.41, 5.74) is 3.57. The van der Waals surface area contributed by atoms with Gasteiger partial charge in [0.25, 0.3) is 0 Å². The van der Waals surface area contributed by atoms with Crippen LogP contribution in [0.3, 0.4) is 0 Å². The normalized spacial score (nSPS) is 20.8. The molecule has 2 aliphatic heterocycles. The van der Waals surface area contributed by atoms with Gasteiger partial charge in [0.05, 0.1) is 6.10 Å². The van der Waals surface area contributed by atoms with Crippen LogP contribution in [-0.2, 0) is 27.3 Å². The van der Waals surface area contributed by atoms with E-state index >= 15 is 0 Å². The van der Waals surface area contributed by atoms with Crippen LogP contribution in [0.5, 0.6) is 0 Å². The Balaban J connectivity index is 1.32. The number of benzene rings is 3. The maximum absolute atomic E-state index is 13.6. The van der Waals surface area contributed by atoms with Crippen molar-refractivity contribution in [3.05, 3.63) is 102 Å². The second kappa shape index (κ2) is 11.1. The number of fused-ring (bicyclic) bond motifs is 1. The second-order valence-electron chi connectivity index (χ2n) is 9.99. The van der Waals surface area contributed by atoms with Gasteiger partial charge in [0.2, 0.25) is 17.7 Å². The molecule has 0 spiro atoms. The lowest BCUT2D eigenvalue weighted by molar-refractivity contribution is -0.141. The van der Waals surface area contributed by atoms with Crippen molar-refractivity contribution in [2.75, 3.05) is 18.9 Å². The third-order valence-electron chi connectivity index (χ3n) is 7.24. The maximum atomic E-state index is 13.6. The van der Waals surface area contributed by atoms with Gasteiger partial charge in [-0.2, -0.15) is 0 Å². The summed E-state index contributed by atoms with van der Waals surface area (Å²) in [6.45, 7) is 0.461. The molecule has 196 valence electrons. The Morgan fingerprint density at radius 1 is 1.00 bits per heavy atom. The number of likely N-dealkylation sites (N-methyl/N-ethyl adjacent to an activating group) is 1. The number of carbonyl (C=O) groups is 3. The minimum Gasteiger partial charge on any atom is -0.391 e. The molecule has 1 fully saturated rings. The van der Waals surface area contributed by atoms with Crippen molar-refractivity contribution in [3.63, 3.8) is 0 Å². The molecule has 3 aromatic carbocycles. The van der Waals surface area contributed by atoms with Gasteiger partial charge in [-0.1, -0.05) is 78.9 Å².